The van der Waals surface area contributed by atoms with Crippen LogP contribution in [0.2, 0.25) is 0 Å². The zero-order valence-corrected chi connectivity index (χ0v) is 13.0. The number of esters is 1. The highest BCUT2D eigenvalue weighted by Crippen LogP contribution is 2.62. The van der Waals surface area contributed by atoms with E-state index in [9.17, 15) is 9.59 Å². The molecule has 2 saturated carbocycles. The maximum absolute atomic E-state index is 12.7. The van der Waals surface area contributed by atoms with Gasteiger partial charge < -0.3 is 4.74 Å². The van der Waals surface area contributed by atoms with Crippen LogP contribution < -0.4 is 0 Å². The van der Waals surface area contributed by atoms with Gasteiger partial charge in [0.25, 0.3) is 0 Å². The van der Waals surface area contributed by atoms with E-state index < -0.39 is 0 Å². The zero-order valence-electron chi connectivity index (χ0n) is 13.0. The van der Waals surface area contributed by atoms with Crippen molar-refractivity contribution < 1.29 is 14.3 Å². The van der Waals surface area contributed by atoms with E-state index in [0.717, 1.165) is 6.42 Å². The number of carbonyl (C=O) groups is 2. The second kappa shape index (κ2) is 4.19. The van der Waals surface area contributed by atoms with E-state index in [1.165, 1.54) is 12.5 Å². The van der Waals surface area contributed by atoms with Crippen molar-refractivity contribution in [3.8, 4) is 0 Å². The van der Waals surface area contributed by atoms with Gasteiger partial charge in [-0.2, -0.15) is 0 Å². The largest absolute Gasteiger partial charge is 0.462 e. The predicted molar refractivity (Wildman–Crippen MR) is 75.8 cm³/mol. The molecule has 0 aliphatic heterocycles. The third-order valence-corrected chi connectivity index (χ3v) is 5.93. The summed E-state index contributed by atoms with van der Waals surface area (Å²) < 4.78 is 5.61. The Kier molecular flexibility index (Phi) is 2.90. The van der Waals surface area contributed by atoms with E-state index >= 15 is 0 Å². The highest BCUT2D eigenvalue weighted by molar-refractivity contribution is 5.92. The molecule has 110 valence electrons. The SMILES string of the molecule is CC(=O)O[C@@H]1C[C@H](C)[C@H]2[C@H]3[C@@H]1C(C)=C[C@@H]2C(=O)C3(C)C. The smallest absolute Gasteiger partial charge is 0.302 e. The van der Waals surface area contributed by atoms with E-state index in [-0.39, 0.29) is 29.3 Å². The Morgan fingerprint density at radius 1 is 1.40 bits per heavy atom. The van der Waals surface area contributed by atoms with Crippen LogP contribution in [0.25, 0.3) is 0 Å². The number of hydrogen-bond donors (Lipinski definition) is 0. The van der Waals surface area contributed by atoms with Gasteiger partial charge in [-0.25, -0.2) is 0 Å². The Morgan fingerprint density at radius 2 is 2.05 bits per heavy atom. The molecule has 3 heteroatoms. The maximum atomic E-state index is 12.7. The number of hydrogen-bond acceptors (Lipinski definition) is 3. The minimum absolute atomic E-state index is 0.0638. The molecule has 0 radical (unpaired) electrons. The van der Waals surface area contributed by atoms with Crippen LogP contribution in [0.4, 0.5) is 0 Å². The summed E-state index contributed by atoms with van der Waals surface area (Å²) >= 11 is 0. The number of ketones is 1. The fraction of sp³-hybridized carbons (Fsp3) is 0.765. The number of Topliss-reactive ketones (excluding diaryl/α,β-unsaturated/α-hetero) is 1. The lowest BCUT2D eigenvalue weighted by atomic mass is 9.56. The van der Waals surface area contributed by atoms with Gasteiger partial charge in [-0.3, -0.25) is 9.59 Å². The quantitative estimate of drug-likeness (QED) is 0.546. The lowest BCUT2D eigenvalue weighted by Crippen LogP contribution is -2.49. The Hall–Kier alpha value is -1.12. The van der Waals surface area contributed by atoms with Gasteiger partial charge in [0.15, 0.2) is 0 Å². The van der Waals surface area contributed by atoms with E-state index in [1.54, 1.807) is 0 Å². The van der Waals surface area contributed by atoms with E-state index in [1.807, 2.05) is 0 Å². The number of carbonyl (C=O) groups excluding carboxylic acids is 2. The standard InChI is InChI=1S/C17H24O3/c1-8-6-11-13-9(2)7-12(20-10(3)18)14(8)15(13)17(4,5)16(11)19/h6,9,11-15H,7H2,1-5H3/t9-,11-,12+,13+,14+,15-/m0/s1. The Balaban J connectivity index is 2.07. The van der Waals surface area contributed by atoms with E-state index in [0.29, 0.717) is 23.5 Å². The molecule has 4 bridgehead atoms. The fourth-order valence-corrected chi connectivity index (χ4v) is 5.26. The third kappa shape index (κ3) is 1.64. The van der Waals surface area contributed by atoms with Crippen molar-refractivity contribution in [1.82, 2.24) is 0 Å². The molecular formula is C17H24O3. The van der Waals surface area contributed by atoms with Crippen molar-refractivity contribution in [3.05, 3.63) is 11.6 Å². The average molecular weight is 276 g/mol. The first-order valence-electron chi connectivity index (χ1n) is 7.65. The second-order valence-electron chi connectivity index (χ2n) is 7.51. The summed E-state index contributed by atoms with van der Waals surface area (Å²) in [6.45, 7) is 9.94. The van der Waals surface area contributed by atoms with Gasteiger partial charge in [-0.15, -0.1) is 0 Å². The third-order valence-electron chi connectivity index (χ3n) is 5.93. The van der Waals surface area contributed by atoms with Crippen molar-refractivity contribution in [1.29, 1.82) is 0 Å². The monoisotopic (exact) mass is 276 g/mol. The molecule has 0 aromatic rings. The van der Waals surface area contributed by atoms with Gasteiger partial charge in [0, 0.05) is 24.2 Å². The molecule has 3 rings (SSSR count). The van der Waals surface area contributed by atoms with Gasteiger partial charge in [-0.1, -0.05) is 32.4 Å². The van der Waals surface area contributed by atoms with Crippen LogP contribution in [0.15, 0.2) is 11.6 Å². The topological polar surface area (TPSA) is 43.4 Å². The first-order chi connectivity index (χ1) is 9.25. The molecule has 0 aromatic carbocycles. The van der Waals surface area contributed by atoms with E-state index in [4.69, 9.17) is 4.74 Å². The van der Waals surface area contributed by atoms with E-state index in [2.05, 4.69) is 33.8 Å². The molecule has 3 nitrogen and oxygen atoms in total. The molecule has 6 atom stereocenters. The molecule has 0 aromatic heterocycles. The van der Waals surface area contributed by atoms with Crippen LogP contribution in [0.3, 0.4) is 0 Å². The second-order valence-corrected chi connectivity index (χ2v) is 7.51. The average Bonchev–Trinajstić information content (AvgIpc) is 2.47. The van der Waals surface area contributed by atoms with Crippen molar-refractivity contribution >= 4 is 11.8 Å². The molecule has 3 aliphatic rings. The highest BCUT2D eigenvalue weighted by Gasteiger charge is 2.64. The van der Waals surface area contributed by atoms with Gasteiger partial charge in [0.2, 0.25) is 0 Å². The lowest BCUT2D eigenvalue weighted by Gasteiger charge is -2.49. The Morgan fingerprint density at radius 3 is 2.65 bits per heavy atom. The molecule has 0 saturated heterocycles. The summed E-state index contributed by atoms with van der Waals surface area (Å²) in [5.74, 6) is 1.65. The van der Waals surface area contributed by atoms with Crippen LogP contribution in [-0.4, -0.2) is 17.9 Å². The van der Waals surface area contributed by atoms with Gasteiger partial charge in [0.05, 0.1) is 0 Å². The van der Waals surface area contributed by atoms with Crippen molar-refractivity contribution in [3.63, 3.8) is 0 Å². The molecule has 0 amide bonds. The number of rotatable bonds is 1. The summed E-state index contributed by atoms with van der Waals surface area (Å²) in [5.41, 5.74) is 0.940. The summed E-state index contributed by atoms with van der Waals surface area (Å²) in [7, 11) is 0. The summed E-state index contributed by atoms with van der Waals surface area (Å²) in [4.78, 5) is 24.1. The van der Waals surface area contributed by atoms with Gasteiger partial charge >= 0.3 is 5.97 Å². The molecule has 2 fully saturated rings. The molecule has 0 spiro atoms. The number of ether oxygens (including phenoxy) is 1. The summed E-state index contributed by atoms with van der Waals surface area (Å²) in [5, 5.41) is 0. The van der Waals surface area contributed by atoms with Crippen molar-refractivity contribution in [2.24, 2.45) is 35.0 Å². The summed E-state index contributed by atoms with van der Waals surface area (Å²) in [6.07, 6.45) is 2.98. The molecule has 3 aliphatic carbocycles. The number of allylic oxidation sites excluding steroid dienone is 1. The normalized spacial score (nSPS) is 45.0. The van der Waals surface area contributed by atoms with Crippen LogP contribution in [-0.2, 0) is 14.3 Å². The first kappa shape index (κ1) is 13.8. The fourth-order valence-electron chi connectivity index (χ4n) is 5.26. The molecule has 0 heterocycles. The first-order valence-corrected chi connectivity index (χ1v) is 7.65. The lowest BCUT2D eigenvalue weighted by molar-refractivity contribution is -0.156. The van der Waals surface area contributed by atoms with Crippen molar-refractivity contribution in [2.45, 2.75) is 47.1 Å². The van der Waals surface area contributed by atoms with Gasteiger partial charge in [0.1, 0.15) is 11.9 Å². The van der Waals surface area contributed by atoms with Crippen LogP contribution in [0.1, 0.15) is 41.0 Å². The van der Waals surface area contributed by atoms with Crippen LogP contribution >= 0.6 is 0 Å². The minimum Gasteiger partial charge on any atom is -0.462 e. The van der Waals surface area contributed by atoms with Gasteiger partial charge in [-0.05, 0) is 31.1 Å². The summed E-state index contributed by atoms with van der Waals surface area (Å²) in [6, 6.07) is 0. The zero-order chi connectivity index (χ0) is 14.8. The maximum Gasteiger partial charge on any atom is 0.302 e. The Labute approximate surface area is 120 Å². The van der Waals surface area contributed by atoms with Crippen LogP contribution in [0.5, 0.6) is 0 Å². The minimum atomic E-state index is -0.304. The van der Waals surface area contributed by atoms with Crippen molar-refractivity contribution in [2.75, 3.05) is 0 Å². The predicted octanol–water partition coefficient (Wildman–Crippen LogP) is 2.99. The molecular weight excluding hydrogens is 252 g/mol. The molecule has 0 N–H and O–H groups in total. The Bertz CT molecular complexity index is 502. The molecule has 0 unspecified atom stereocenters. The highest BCUT2D eigenvalue weighted by atomic mass is 16.5. The molecule has 20 heavy (non-hydrogen) atoms. The van der Waals surface area contributed by atoms with Crippen LogP contribution in [0, 0.1) is 35.0 Å².